The quantitative estimate of drug-likeness (QED) is 0.191. The summed E-state index contributed by atoms with van der Waals surface area (Å²) in [5.74, 6) is 0.659. The number of benzene rings is 2. The summed E-state index contributed by atoms with van der Waals surface area (Å²) in [6.45, 7) is 2.33. The largest absolute Gasteiger partial charge is 0.493 e. The van der Waals surface area contributed by atoms with Gasteiger partial charge in [0.1, 0.15) is 11.6 Å². The predicted molar refractivity (Wildman–Crippen MR) is 145 cm³/mol. The standard InChI is InChI=1S/C27H28ClN3O5S/c1-3-35-26(32)24-19-9-5-7-11-23(19)37-25(24)30-27(33)31-29-15-17-12-13-21(22(14-17)34-2)36-16-18-8-4-6-10-20(18)28/h4,6,8,10,12-15H,3,5,7,9,11,16H2,1-2H3,(H2,30,31,33). The first-order valence-electron chi connectivity index (χ1n) is 12.0. The number of thiophene rings is 1. The summed E-state index contributed by atoms with van der Waals surface area (Å²) < 4.78 is 16.5. The lowest BCUT2D eigenvalue weighted by molar-refractivity contribution is 0.0526. The molecule has 0 saturated carbocycles. The zero-order chi connectivity index (χ0) is 26.2. The van der Waals surface area contributed by atoms with Gasteiger partial charge in [-0.2, -0.15) is 5.10 Å². The number of methoxy groups -OCH3 is 1. The van der Waals surface area contributed by atoms with E-state index in [1.165, 1.54) is 17.6 Å². The molecule has 8 nitrogen and oxygen atoms in total. The highest BCUT2D eigenvalue weighted by molar-refractivity contribution is 7.17. The van der Waals surface area contributed by atoms with Gasteiger partial charge in [0, 0.05) is 15.5 Å². The molecule has 10 heteroatoms. The van der Waals surface area contributed by atoms with Crippen LogP contribution in [0.25, 0.3) is 0 Å². The minimum atomic E-state index is -0.549. The van der Waals surface area contributed by atoms with Crippen molar-refractivity contribution in [1.29, 1.82) is 0 Å². The molecule has 194 valence electrons. The van der Waals surface area contributed by atoms with Crippen molar-refractivity contribution in [3.8, 4) is 11.5 Å². The van der Waals surface area contributed by atoms with Crippen LogP contribution < -0.4 is 20.2 Å². The average molecular weight is 542 g/mol. The van der Waals surface area contributed by atoms with Gasteiger partial charge in [-0.25, -0.2) is 15.0 Å². The number of halogens is 1. The molecule has 0 radical (unpaired) electrons. The minimum absolute atomic E-state index is 0.271. The molecule has 0 unspecified atom stereocenters. The highest BCUT2D eigenvalue weighted by atomic mass is 35.5. The molecule has 1 heterocycles. The lowest BCUT2D eigenvalue weighted by atomic mass is 9.95. The Balaban J connectivity index is 1.39. The van der Waals surface area contributed by atoms with Crippen LogP contribution in [0.4, 0.5) is 9.80 Å². The van der Waals surface area contributed by atoms with Crippen LogP contribution in [0, 0.1) is 0 Å². The summed E-state index contributed by atoms with van der Waals surface area (Å²) in [5.41, 5.74) is 5.45. The van der Waals surface area contributed by atoms with Crippen molar-refractivity contribution in [2.45, 2.75) is 39.2 Å². The number of esters is 1. The van der Waals surface area contributed by atoms with E-state index < -0.39 is 12.0 Å². The number of rotatable bonds is 9. The number of urea groups is 1. The molecule has 2 amide bonds. The fourth-order valence-corrected chi connectivity index (χ4v) is 5.49. The highest BCUT2D eigenvalue weighted by Crippen LogP contribution is 2.38. The molecule has 1 aliphatic carbocycles. The number of ether oxygens (including phenoxy) is 3. The number of nitrogens with one attached hydrogen (secondary N) is 2. The van der Waals surface area contributed by atoms with E-state index in [1.807, 2.05) is 24.3 Å². The van der Waals surface area contributed by atoms with Gasteiger partial charge in [0.25, 0.3) is 0 Å². The van der Waals surface area contributed by atoms with Crippen molar-refractivity contribution in [3.05, 3.63) is 74.6 Å². The van der Waals surface area contributed by atoms with Gasteiger partial charge in [0.05, 0.1) is 25.5 Å². The lowest BCUT2D eigenvalue weighted by Gasteiger charge is -2.12. The van der Waals surface area contributed by atoms with Crippen LogP contribution in [0.1, 0.15) is 51.7 Å². The van der Waals surface area contributed by atoms with Gasteiger partial charge < -0.3 is 14.2 Å². The third-order valence-corrected chi connectivity index (χ3v) is 7.36. The number of hydrazone groups is 1. The maximum atomic E-state index is 12.6. The van der Waals surface area contributed by atoms with Crippen LogP contribution in [-0.4, -0.2) is 31.9 Å². The zero-order valence-electron chi connectivity index (χ0n) is 20.6. The van der Waals surface area contributed by atoms with Gasteiger partial charge in [-0.15, -0.1) is 11.3 Å². The number of carbonyl (C=O) groups excluding carboxylic acids is 2. The number of aryl methyl sites for hydroxylation is 1. The topological polar surface area (TPSA) is 98.2 Å². The second kappa shape index (κ2) is 12.6. The number of carbonyl (C=O) groups is 2. The molecule has 0 fully saturated rings. The normalized spacial score (nSPS) is 12.6. The van der Waals surface area contributed by atoms with Gasteiger partial charge in [-0.3, -0.25) is 5.32 Å². The number of nitrogens with zero attached hydrogens (tertiary/aromatic N) is 1. The molecular weight excluding hydrogens is 514 g/mol. The van der Waals surface area contributed by atoms with Crippen molar-refractivity contribution < 1.29 is 23.8 Å². The van der Waals surface area contributed by atoms with Crippen molar-refractivity contribution >= 4 is 46.2 Å². The Morgan fingerprint density at radius 1 is 1.14 bits per heavy atom. The summed E-state index contributed by atoms with van der Waals surface area (Å²) in [7, 11) is 1.55. The molecule has 1 aromatic heterocycles. The van der Waals surface area contributed by atoms with Crippen LogP contribution >= 0.6 is 22.9 Å². The van der Waals surface area contributed by atoms with Gasteiger partial charge in [-0.1, -0.05) is 29.8 Å². The van der Waals surface area contributed by atoms with E-state index in [-0.39, 0.29) is 6.61 Å². The van der Waals surface area contributed by atoms with E-state index in [1.54, 1.807) is 32.2 Å². The van der Waals surface area contributed by atoms with E-state index in [0.29, 0.717) is 39.3 Å². The average Bonchev–Trinajstić information content (AvgIpc) is 3.26. The molecule has 3 aromatic rings. The third-order valence-electron chi connectivity index (χ3n) is 5.79. The van der Waals surface area contributed by atoms with Crippen molar-refractivity contribution in [2.24, 2.45) is 5.10 Å². The number of anilines is 1. The molecule has 37 heavy (non-hydrogen) atoms. The Morgan fingerprint density at radius 2 is 1.95 bits per heavy atom. The van der Waals surface area contributed by atoms with Gasteiger partial charge in [0.2, 0.25) is 0 Å². The van der Waals surface area contributed by atoms with Crippen LogP contribution in [0.3, 0.4) is 0 Å². The Bertz CT molecular complexity index is 1310. The summed E-state index contributed by atoms with van der Waals surface area (Å²) in [6, 6.07) is 12.2. The number of fused-ring (bicyclic) bond motifs is 1. The van der Waals surface area contributed by atoms with E-state index in [4.69, 9.17) is 25.8 Å². The second-order valence-electron chi connectivity index (χ2n) is 8.25. The summed E-state index contributed by atoms with van der Waals surface area (Å²) in [5, 5.41) is 7.91. The SMILES string of the molecule is CCOC(=O)c1c(NC(=O)NN=Cc2ccc(OCc3ccccc3Cl)c(OC)c2)sc2c1CCCC2. The number of hydrogen-bond donors (Lipinski definition) is 2. The van der Waals surface area contributed by atoms with Gasteiger partial charge in [-0.05, 0) is 68.0 Å². The fourth-order valence-electron chi connectivity index (χ4n) is 4.02. The van der Waals surface area contributed by atoms with Crippen molar-refractivity contribution in [2.75, 3.05) is 19.0 Å². The van der Waals surface area contributed by atoms with E-state index in [9.17, 15) is 9.59 Å². The molecule has 0 spiro atoms. The molecule has 0 bridgehead atoms. The first-order chi connectivity index (χ1) is 18.0. The van der Waals surface area contributed by atoms with Crippen LogP contribution in [0.5, 0.6) is 11.5 Å². The second-order valence-corrected chi connectivity index (χ2v) is 9.76. The number of amides is 2. The first-order valence-corrected chi connectivity index (χ1v) is 13.2. The molecule has 2 aromatic carbocycles. The van der Waals surface area contributed by atoms with Crippen LogP contribution in [0.2, 0.25) is 5.02 Å². The lowest BCUT2D eigenvalue weighted by Crippen LogP contribution is -2.25. The molecule has 0 aliphatic heterocycles. The molecule has 0 saturated heterocycles. The van der Waals surface area contributed by atoms with Gasteiger partial charge in [0.15, 0.2) is 11.5 Å². The maximum absolute atomic E-state index is 12.6. The molecule has 1 aliphatic rings. The molecule has 2 N–H and O–H groups in total. The minimum Gasteiger partial charge on any atom is -0.493 e. The van der Waals surface area contributed by atoms with E-state index >= 15 is 0 Å². The smallest absolute Gasteiger partial charge is 0.341 e. The Morgan fingerprint density at radius 3 is 2.73 bits per heavy atom. The Kier molecular flexibility index (Phi) is 9.03. The van der Waals surface area contributed by atoms with E-state index in [2.05, 4.69) is 15.8 Å². The highest BCUT2D eigenvalue weighted by Gasteiger charge is 2.27. The maximum Gasteiger partial charge on any atom is 0.341 e. The summed E-state index contributed by atoms with van der Waals surface area (Å²) in [4.78, 5) is 26.2. The van der Waals surface area contributed by atoms with Gasteiger partial charge >= 0.3 is 12.0 Å². The fraction of sp³-hybridized carbons (Fsp3) is 0.296. The van der Waals surface area contributed by atoms with Crippen LogP contribution in [0.15, 0.2) is 47.6 Å². The zero-order valence-corrected chi connectivity index (χ0v) is 22.2. The first kappa shape index (κ1) is 26.5. The van der Waals surface area contributed by atoms with Crippen molar-refractivity contribution in [1.82, 2.24) is 5.43 Å². The monoisotopic (exact) mass is 541 g/mol. The third kappa shape index (κ3) is 6.61. The summed E-state index contributed by atoms with van der Waals surface area (Å²) >= 11 is 7.62. The van der Waals surface area contributed by atoms with Crippen molar-refractivity contribution in [3.63, 3.8) is 0 Å². The Hall–Kier alpha value is -3.56. The molecular formula is C27H28ClN3O5S. The van der Waals surface area contributed by atoms with Crippen LogP contribution in [-0.2, 0) is 24.2 Å². The number of hydrogen-bond acceptors (Lipinski definition) is 7. The van der Waals surface area contributed by atoms with E-state index in [0.717, 1.165) is 41.7 Å². The molecule has 4 rings (SSSR count). The Labute approximate surface area is 224 Å². The predicted octanol–water partition coefficient (Wildman–Crippen LogP) is 6.20. The molecule has 0 atom stereocenters. The summed E-state index contributed by atoms with van der Waals surface area (Å²) in [6.07, 6.45) is 5.28.